The van der Waals surface area contributed by atoms with Crippen LogP contribution in [0.2, 0.25) is 5.02 Å². The Kier molecular flexibility index (Phi) is 3.67. The minimum absolute atomic E-state index is 0.665. The Bertz CT molecular complexity index is 647. The third kappa shape index (κ3) is 2.97. The first-order valence-corrected chi connectivity index (χ1v) is 9.00. The van der Waals surface area contributed by atoms with Crippen LogP contribution < -0.4 is 0 Å². The van der Waals surface area contributed by atoms with Gasteiger partial charge in [-0.1, -0.05) is 41.6 Å². The molecule has 0 spiro atoms. The molecule has 0 amide bonds. The molecule has 2 fully saturated rings. The lowest BCUT2D eigenvalue weighted by molar-refractivity contribution is 0.627. The van der Waals surface area contributed by atoms with E-state index in [1.165, 1.54) is 37.1 Å². The van der Waals surface area contributed by atoms with E-state index in [1.807, 2.05) is 30.0 Å². The molecule has 1 aromatic carbocycles. The minimum Gasteiger partial charge on any atom is -0.303 e. The van der Waals surface area contributed by atoms with Gasteiger partial charge in [-0.25, -0.2) is 0 Å². The van der Waals surface area contributed by atoms with Crippen LogP contribution in [-0.2, 0) is 6.42 Å². The van der Waals surface area contributed by atoms with Gasteiger partial charge in [-0.2, -0.15) is 0 Å². The molecular formula is C16H18ClN3S. The predicted molar refractivity (Wildman–Crippen MR) is 86.1 cm³/mol. The highest BCUT2D eigenvalue weighted by Crippen LogP contribution is 2.46. The fraction of sp³-hybridized carbons (Fsp3) is 0.500. The van der Waals surface area contributed by atoms with Gasteiger partial charge >= 0.3 is 0 Å². The third-order valence-electron chi connectivity index (χ3n) is 4.11. The van der Waals surface area contributed by atoms with Gasteiger partial charge in [0.25, 0.3) is 0 Å². The van der Waals surface area contributed by atoms with Crippen LogP contribution in [0, 0.1) is 0 Å². The van der Waals surface area contributed by atoms with E-state index in [-0.39, 0.29) is 0 Å². The van der Waals surface area contributed by atoms with Crippen molar-refractivity contribution in [3.8, 4) is 0 Å². The molecule has 0 bridgehead atoms. The molecule has 0 N–H and O–H groups in total. The topological polar surface area (TPSA) is 30.7 Å². The number of hydrogen-bond acceptors (Lipinski definition) is 3. The zero-order valence-corrected chi connectivity index (χ0v) is 13.4. The van der Waals surface area contributed by atoms with E-state index in [0.29, 0.717) is 12.0 Å². The highest BCUT2D eigenvalue weighted by Gasteiger charge is 2.36. The second-order valence-electron chi connectivity index (χ2n) is 5.91. The van der Waals surface area contributed by atoms with Crippen LogP contribution in [-0.4, -0.2) is 20.5 Å². The Balaban J connectivity index is 1.44. The van der Waals surface area contributed by atoms with Gasteiger partial charge in [0.15, 0.2) is 5.16 Å². The Hall–Kier alpha value is -1.00. The summed E-state index contributed by atoms with van der Waals surface area (Å²) in [6.45, 7) is 0. The molecule has 110 valence electrons. The van der Waals surface area contributed by atoms with Gasteiger partial charge in [-0.15, -0.1) is 10.2 Å². The first-order valence-electron chi connectivity index (χ1n) is 7.64. The number of aromatic nitrogens is 3. The van der Waals surface area contributed by atoms with Crippen molar-refractivity contribution in [1.29, 1.82) is 0 Å². The second kappa shape index (κ2) is 5.65. The van der Waals surface area contributed by atoms with E-state index in [2.05, 4.69) is 20.8 Å². The number of hydrogen-bond donors (Lipinski definition) is 0. The average Bonchev–Trinajstić information content (AvgIpc) is 3.40. The van der Waals surface area contributed by atoms with E-state index in [4.69, 9.17) is 11.6 Å². The molecule has 2 aliphatic carbocycles. The van der Waals surface area contributed by atoms with Crippen LogP contribution in [0.3, 0.4) is 0 Å². The Morgan fingerprint density at radius 2 is 1.95 bits per heavy atom. The maximum atomic E-state index is 6.21. The van der Waals surface area contributed by atoms with Gasteiger partial charge in [0.2, 0.25) is 0 Å². The first-order chi connectivity index (χ1) is 10.3. The van der Waals surface area contributed by atoms with Crippen molar-refractivity contribution >= 4 is 23.4 Å². The number of benzene rings is 1. The van der Waals surface area contributed by atoms with Crippen LogP contribution >= 0.6 is 23.4 Å². The van der Waals surface area contributed by atoms with Crippen molar-refractivity contribution in [3.63, 3.8) is 0 Å². The van der Waals surface area contributed by atoms with Crippen LogP contribution in [0.15, 0.2) is 29.4 Å². The first kappa shape index (κ1) is 13.6. The van der Waals surface area contributed by atoms with Crippen molar-refractivity contribution in [3.05, 3.63) is 40.7 Å². The molecule has 4 rings (SSSR count). The summed E-state index contributed by atoms with van der Waals surface area (Å²) in [5.74, 6) is 2.91. The van der Waals surface area contributed by atoms with E-state index in [9.17, 15) is 0 Å². The summed E-state index contributed by atoms with van der Waals surface area (Å²) < 4.78 is 2.41. The fourth-order valence-corrected chi connectivity index (χ4v) is 3.85. The van der Waals surface area contributed by atoms with Crippen LogP contribution in [0.5, 0.6) is 0 Å². The standard InChI is InChI=1S/C16H18ClN3S/c17-14-4-2-1-3-11(14)9-10-21-16-19-18-15(12-5-6-12)20(16)13-7-8-13/h1-4,12-13H,5-10H2. The summed E-state index contributed by atoms with van der Waals surface area (Å²) in [5, 5.41) is 10.8. The summed E-state index contributed by atoms with van der Waals surface area (Å²) in [4.78, 5) is 0. The molecule has 3 nitrogen and oxygen atoms in total. The monoisotopic (exact) mass is 319 g/mol. The number of aryl methyl sites for hydroxylation is 1. The molecule has 2 aromatic rings. The van der Waals surface area contributed by atoms with E-state index >= 15 is 0 Å². The van der Waals surface area contributed by atoms with Gasteiger partial charge in [0.1, 0.15) is 5.82 Å². The SMILES string of the molecule is Clc1ccccc1CCSc1nnc(C2CC2)n1C1CC1. The molecule has 5 heteroatoms. The third-order valence-corrected chi connectivity index (χ3v) is 5.42. The van der Waals surface area contributed by atoms with E-state index in [0.717, 1.165) is 22.4 Å². The number of rotatable bonds is 6. The molecule has 1 heterocycles. The number of nitrogens with zero attached hydrogens (tertiary/aromatic N) is 3. The van der Waals surface area contributed by atoms with Gasteiger partial charge < -0.3 is 4.57 Å². The fourth-order valence-electron chi connectivity index (χ4n) is 2.64. The summed E-state index contributed by atoms with van der Waals surface area (Å²) in [6.07, 6.45) is 6.12. The predicted octanol–water partition coefficient (Wildman–Crippen LogP) is 4.48. The van der Waals surface area contributed by atoms with Crippen LogP contribution in [0.4, 0.5) is 0 Å². The summed E-state index contributed by atoms with van der Waals surface area (Å²) >= 11 is 8.02. The van der Waals surface area contributed by atoms with Gasteiger partial charge in [0, 0.05) is 22.7 Å². The molecule has 0 saturated heterocycles. The van der Waals surface area contributed by atoms with Gasteiger partial charge in [-0.05, 0) is 43.7 Å². The molecule has 0 unspecified atom stereocenters. The van der Waals surface area contributed by atoms with Crippen molar-refractivity contribution < 1.29 is 0 Å². The van der Waals surface area contributed by atoms with Gasteiger partial charge in [-0.3, -0.25) is 0 Å². The highest BCUT2D eigenvalue weighted by atomic mass is 35.5. The summed E-state index contributed by atoms with van der Waals surface area (Å²) in [6, 6.07) is 8.75. The highest BCUT2D eigenvalue weighted by molar-refractivity contribution is 7.99. The molecule has 1 aromatic heterocycles. The van der Waals surface area contributed by atoms with Gasteiger partial charge in [0.05, 0.1) is 0 Å². The average molecular weight is 320 g/mol. The summed E-state index contributed by atoms with van der Waals surface area (Å²) in [5.41, 5.74) is 1.21. The lowest BCUT2D eigenvalue weighted by atomic mass is 10.2. The number of thioether (sulfide) groups is 1. The Morgan fingerprint density at radius 3 is 2.67 bits per heavy atom. The maximum absolute atomic E-state index is 6.21. The minimum atomic E-state index is 0.665. The van der Waals surface area contributed by atoms with Crippen molar-refractivity contribution in [2.45, 2.75) is 49.2 Å². The molecule has 2 saturated carbocycles. The second-order valence-corrected chi connectivity index (χ2v) is 7.38. The van der Waals surface area contributed by atoms with E-state index in [1.54, 1.807) is 0 Å². The van der Waals surface area contributed by atoms with Crippen molar-refractivity contribution in [2.24, 2.45) is 0 Å². The van der Waals surface area contributed by atoms with Crippen LogP contribution in [0.1, 0.15) is 49.0 Å². The molecule has 0 aliphatic heterocycles. The lowest BCUT2D eigenvalue weighted by Crippen LogP contribution is -2.02. The van der Waals surface area contributed by atoms with Crippen molar-refractivity contribution in [1.82, 2.24) is 14.8 Å². The Labute approximate surface area is 134 Å². The molecule has 0 radical (unpaired) electrons. The zero-order valence-electron chi connectivity index (χ0n) is 11.8. The smallest absolute Gasteiger partial charge is 0.191 e. The van der Waals surface area contributed by atoms with E-state index < -0.39 is 0 Å². The largest absolute Gasteiger partial charge is 0.303 e. The normalized spacial score (nSPS) is 18.1. The van der Waals surface area contributed by atoms with Crippen molar-refractivity contribution in [2.75, 3.05) is 5.75 Å². The van der Waals surface area contributed by atoms with Crippen LogP contribution in [0.25, 0.3) is 0 Å². The quantitative estimate of drug-likeness (QED) is 0.736. The molecule has 2 aliphatic rings. The zero-order chi connectivity index (χ0) is 14.2. The molecule has 0 atom stereocenters. The summed E-state index contributed by atoms with van der Waals surface area (Å²) in [7, 11) is 0. The molecular weight excluding hydrogens is 302 g/mol. The molecule has 21 heavy (non-hydrogen) atoms. The maximum Gasteiger partial charge on any atom is 0.191 e. The Morgan fingerprint density at radius 1 is 1.14 bits per heavy atom. The lowest BCUT2D eigenvalue weighted by Gasteiger charge is -2.08. The number of halogens is 1.